The number of anilines is 1. The lowest BCUT2D eigenvalue weighted by atomic mass is 10.1. The fourth-order valence-electron chi connectivity index (χ4n) is 1.96. The summed E-state index contributed by atoms with van der Waals surface area (Å²) < 4.78 is 11.3. The van der Waals surface area contributed by atoms with Gasteiger partial charge in [-0.15, -0.1) is 0 Å². The molecule has 0 aliphatic carbocycles. The van der Waals surface area contributed by atoms with E-state index in [-0.39, 0.29) is 6.61 Å². The van der Waals surface area contributed by atoms with Crippen molar-refractivity contribution in [2.24, 2.45) is 0 Å². The van der Waals surface area contributed by atoms with Crippen LogP contribution >= 0.6 is 0 Å². The number of rotatable bonds is 6. The maximum atomic E-state index is 9.07. The Balaban J connectivity index is 2.25. The molecule has 2 aromatic rings. The number of hydrogen-bond donors (Lipinski definition) is 2. The zero-order chi connectivity index (χ0) is 14.4. The Kier molecular flexibility index (Phi) is 4.85. The number of aliphatic hydroxyl groups excluding tert-OH is 1. The van der Waals surface area contributed by atoms with Gasteiger partial charge in [-0.25, -0.2) is 0 Å². The van der Waals surface area contributed by atoms with E-state index in [1.54, 1.807) is 18.2 Å². The lowest BCUT2D eigenvalue weighted by Gasteiger charge is -2.12. The number of benzene rings is 2. The van der Waals surface area contributed by atoms with Crippen LogP contribution in [0.5, 0.6) is 17.2 Å². The fourth-order valence-corrected chi connectivity index (χ4v) is 1.96. The predicted octanol–water partition coefficient (Wildman–Crippen LogP) is 2.99. The number of para-hydroxylation sites is 1. The summed E-state index contributed by atoms with van der Waals surface area (Å²) in [4.78, 5) is 0. The lowest BCUT2D eigenvalue weighted by Crippen LogP contribution is -1.97. The maximum Gasteiger partial charge on any atom is 0.133 e. The molecule has 0 unspecified atom stereocenters. The summed E-state index contributed by atoms with van der Waals surface area (Å²) in [6.45, 7) is 2.58. The fraction of sp³-hybridized carbons (Fsp3) is 0.250. The molecule has 0 saturated heterocycles. The van der Waals surface area contributed by atoms with Gasteiger partial charge in [0.25, 0.3) is 0 Å². The summed E-state index contributed by atoms with van der Waals surface area (Å²) in [5.41, 5.74) is 7.38. The third kappa shape index (κ3) is 3.65. The molecule has 2 aromatic carbocycles. The Bertz CT molecular complexity index is 569. The monoisotopic (exact) mass is 273 g/mol. The van der Waals surface area contributed by atoms with Gasteiger partial charge in [-0.2, -0.15) is 0 Å². The van der Waals surface area contributed by atoms with Crippen LogP contribution in [0, 0.1) is 0 Å². The molecule has 0 radical (unpaired) electrons. The minimum Gasteiger partial charge on any atom is -0.494 e. The van der Waals surface area contributed by atoms with Gasteiger partial charge in [0.1, 0.15) is 17.2 Å². The van der Waals surface area contributed by atoms with Crippen molar-refractivity contribution in [2.45, 2.75) is 13.3 Å². The quantitative estimate of drug-likeness (QED) is 0.794. The topological polar surface area (TPSA) is 64.7 Å². The number of aliphatic hydroxyl groups is 1. The van der Waals surface area contributed by atoms with Crippen molar-refractivity contribution in [1.29, 1.82) is 0 Å². The van der Waals surface area contributed by atoms with Crippen LogP contribution in [0.4, 0.5) is 5.69 Å². The van der Waals surface area contributed by atoms with Crippen molar-refractivity contribution in [3.63, 3.8) is 0 Å². The van der Waals surface area contributed by atoms with Gasteiger partial charge in [0.2, 0.25) is 0 Å². The molecular weight excluding hydrogens is 254 g/mol. The van der Waals surface area contributed by atoms with E-state index >= 15 is 0 Å². The van der Waals surface area contributed by atoms with Gasteiger partial charge < -0.3 is 20.3 Å². The summed E-state index contributed by atoms with van der Waals surface area (Å²) in [5.74, 6) is 2.02. The smallest absolute Gasteiger partial charge is 0.133 e. The highest BCUT2D eigenvalue weighted by Crippen LogP contribution is 2.30. The van der Waals surface area contributed by atoms with Crippen molar-refractivity contribution in [1.82, 2.24) is 0 Å². The Hall–Kier alpha value is -2.20. The van der Waals surface area contributed by atoms with Crippen molar-refractivity contribution in [3.05, 3.63) is 48.0 Å². The second kappa shape index (κ2) is 6.82. The summed E-state index contributed by atoms with van der Waals surface area (Å²) in [6.07, 6.45) is 0.552. The minimum atomic E-state index is 0.0848. The van der Waals surface area contributed by atoms with E-state index in [1.165, 1.54) is 0 Å². The van der Waals surface area contributed by atoms with Gasteiger partial charge in [0.05, 0.1) is 6.61 Å². The van der Waals surface area contributed by atoms with E-state index in [2.05, 4.69) is 0 Å². The standard InChI is InChI=1S/C16H19NO3/c1-2-19-14-9-13(17)10-15(11-14)20-16-6-4-3-5-12(16)7-8-18/h3-6,9-11,18H,2,7-8,17H2,1H3. The zero-order valence-electron chi connectivity index (χ0n) is 11.5. The molecule has 20 heavy (non-hydrogen) atoms. The van der Waals surface area contributed by atoms with Crippen molar-refractivity contribution >= 4 is 5.69 Å². The highest BCUT2D eigenvalue weighted by Gasteiger charge is 2.06. The molecule has 4 nitrogen and oxygen atoms in total. The second-order valence-electron chi connectivity index (χ2n) is 4.35. The molecule has 0 aliphatic rings. The van der Waals surface area contributed by atoms with Crippen LogP contribution in [0.15, 0.2) is 42.5 Å². The Morgan fingerprint density at radius 3 is 2.60 bits per heavy atom. The van der Waals surface area contributed by atoms with Crippen LogP contribution in [-0.4, -0.2) is 18.3 Å². The van der Waals surface area contributed by atoms with Crippen molar-refractivity contribution in [2.75, 3.05) is 18.9 Å². The van der Waals surface area contributed by atoms with Gasteiger partial charge >= 0.3 is 0 Å². The third-order valence-corrected chi connectivity index (χ3v) is 2.79. The molecule has 0 atom stereocenters. The van der Waals surface area contributed by atoms with Gasteiger partial charge in [0.15, 0.2) is 0 Å². The predicted molar refractivity (Wildman–Crippen MR) is 79.3 cm³/mol. The van der Waals surface area contributed by atoms with Gasteiger partial charge in [0, 0.05) is 30.5 Å². The van der Waals surface area contributed by atoms with E-state index in [4.69, 9.17) is 20.3 Å². The first-order valence-electron chi connectivity index (χ1n) is 6.63. The van der Waals surface area contributed by atoms with Gasteiger partial charge in [-0.05, 0) is 25.0 Å². The number of nitrogen functional groups attached to an aromatic ring is 1. The average Bonchev–Trinajstić information content (AvgIpc) is 2.41. The maximum absolute atomic E-state index is 9.07. The van der Waals surface area contributed by atoms with E-state index in [0.29, 0.717) is 30.2 Å². The highest BCUT2D eigenvalue weighted by molar-refractivity contribution is 5.52. The molecular formula is C16H19NO3. The Morgan fingerprint density at radius 2 is 1.85 bits per heavy atom. The van der Waals surface area contributed by atoms with E-state index in [9.17, 15) is 0 Å². The lowest BCUT2D eigenvalue weighted by molar-refractivity contribution is 0.297. The Labute approximate surface area is 118 Å². The van der Waals surface area contributed by atoms with Crippen molar-refractivity contribution in [3.8, 4) is 17.2 Å². The zero-order valence-corrected chi connectivity index (χ0v) is 11.5. The number of hydrogen-bond acceptors (Lipinski definition) is 4. The normalized spacial score (nSPS) is 10.3. The SMILES string of the molecule is CCOc1cc(N)cc(Oc2ccccc2CCO)c1. The second-order valence-corrected chi connectivity index (χ2v) is 4.35. The summed E-state index contributed by atoms with van der Waals surface area (Å²) in [7, 11) is 0. The minimum absolute atomic E-state index is 0.0848. The molecule has 0 bridgehead atoms. The van der Waals surface area contributed by atoms with Crippen LogP contribution in [0.25, 0.3) is 0 Å². The average molecular weight is 273 g/mol. The Morgan fingerprint density at radius 1 is 1.10 bits per heavy atom. The first-order valence-corrected chi connectivity index (χ1v) is 6.63. The molecule has 0 heterocycles. The largest absolute Gasteiger partial charge is 0.494 e. The van der Waals surface area contributed by atoms with E-state index < -0.39 is 0 Å². The van der Waals surface area contributed by atoms with Crippen LogP contribution < -0.4 is 15.2 Å². The molecule has 2 rings (SSSR count). The molecule has 0 aromatic heterocycles. The van der Waals surface area contributed by atoms with Crippen LogP contribution in [-0.2, 0) is 6.42 Å². The molecule has 0 spiro atoms. The number of nitrogens with two attached hydrogens (primary N) is 1. The van der Waals surface area contributed by atoms with Crippen molar-refractivity contribution < 1.29 is 14.6 Å². The third-order valence-electron chi connectivity index (χ3n) is 2.79. The highest BCUT2D eigenvalue weighted by atomic mass is 16.5. The molecule has 0 saturated carbocycles. The molecule has 106 valence electrons. The van der Waals surface area contributed by atoms with E-state index in [1.807, 2.05) is 31.2 Å². The molecule has 0 aliphatic heterocycles. The van der Waals surface area contributed by atoms with E-state index in [0.717, 1.165) is 11.3 Å². The van der Waals surface area contributed by atoms with Crippen LogP contribution in [0.3, 0.4) is 0 Å². The molecule has 4 heteroatoms. The number of ether oxygens (including phenoxy) is 2. The molecule has 0 fully saturated rings. The first-order chi connectivity index (χ1) is 9.72. The summed E-state index contributed by atoms with van der Waals surface area (Å²) >= 11 is 0. The summed E-state index contributed by atoms with van der Waals surface area (Å²) in [5, 5.41) is 9.07. The first kappa shape index (κ1) is 14.2. The van der Waals surface area contributed by atoms with Crippen LogP contribution in [0.2, 0.25) is 0 Å². The van der Waals surface area contributed by atoms with Gasteiger partial charge in [-0.1, -0.05) is 18.2 Å². The molecule has 0 amide bonds. The molecule has 3 N–H and O–H groups in total. The van der Waals surface area contributed by atoms with Gasteiger partial charge in [-0.3, -0.25) is 0 Å². The summed E-state index contributed by atoms with van der Waals surface area (Å²) in [6, 6.07) is 12.9. The van der Waals surface area contributed by atoms with Crippen LogP contribution in [0.1, 0.15) is 12.5 Å².